The monoisotopic (exact) mass is 260 g/mol. The number of carboxylic acids is 1. The third-order valence-corrected chi connectivity index (χ3v) is 3.29. The number of hydrogen-bond acceptors (Lipinski definition) is 5. The first-order valence-electron chi connectivity index (χ1n) is 6.24. The third-order valence-electron chi connectivity index (χ3n) is 3.29. The number of hydrogen-bond donors (Lipinski definition) is 3. The fraction of sp³-hybridized carbons (Fsp3) is 0.833. The lowest BCUT2D eigenvalue weighted by Crippen LogP contribution is -2.34. The SMILES string of the molecule is O=C(O)C1CCCCC1C(=O)OCCC(O)CO. The van der Waals surface area contributed by atoms with Crippen LogP contribution in [0.15, 0.2) is 0 Å². The van der Waals surface area contributed by atoms with E-state index >= 15 is 0 Å². The van der Waals surface area contributed by atoms with Gasteiger partial charge in [0.15, 0.2) is 0 Å². The Bertz CT molecular complexity index is 290. The lowest BCUT2D eigenvalue weighted by Gasteiger charge is -2.26. The van der Waals surface area contributed by atoms with Gasteiger partial charge in [-0.2, -0.15) is 0 Å². The van der Waals surface area contributed by atoms with E-state index in [9.17, 15) is 9.59 Å². The fourth-order valence-electron chi connectivity index (χ4n) is 2.20. The standard InChI is InChI=1S/C12H20O6/c13-7-8(14)5-6-18-12(17)10-4-2-1-3-9(10)11(15)16/h8-10,13-14H,1-7H2,(H,15,16). The molecule has 0 saturated heterocycles. The molecule has 1 aliphatic carbocycles. The van der Waals surface area contributed by atoms with Crippen LogP contribution in [0.2, 0.25) is 0 Å². The first-order chi connectivity index (χ1) is 8.56. The summed E-state index contributed by atoms with van der Waals surface area (Å²) in [6.45, 7) is -0.373. The number of carboxylic acid groups (broad SMARTS) is 1. The summed E-state index contributed by atoms with van der Waals surface area (Å²) in [7, 11) is 0. The predicted molar refractivity (Wildman–Crippen MR) is 61.8 cm³/mol. The Kier molecular flexibility index (Phi) is 6.07. The van der Waals surface area contributed by atoms with Crippen LogP contribution in [0.1, 0.15) is 32.1 Å². The summed E-state index contributed by atoms with van der Waals surface area (Å²) < 4.78 is 4.96. The van der Waals surface area contributed by atoms with Gasteiger partial charge < -0.3 is 20.1 Å². The molecule has 3 atom stereocenters. The van der Waals surface area contributed by atoms with Crippen molar-refractivity contribution in [2.24, 2.45) is 11.8 Å². The van der Waals surface area contributed by atoms with Gasteiger partial charge in [-0.05, 0) is 12.8 Å². The molecule has 0 amide bonds. The molecule has 3 N–H and O–H groups in total. The van der Waals surface area contributed by atoms with E-state index in [1.165, 1.54) is 0 Å². The minimum Gasteiger partial charge on any atom is -0.481 e. The molecule has 0 aromatic carbocycles. The van der Waals surface area contributed by atoms with E-state index in [0.29, 0.717) is 12.8 Å². The smallest absolute Gasteiger partial charge is 0.309 e. The van der Waals surface area contributed by atoms with Crippen molar-refractivity contribution in [3.05, 3.63) is 0 Å². The molecule has 3 unspecified atom stereocenters. The molecule has 18 heavy (non-hydrogen) atoms. The van der Waals surface area contributed by atoms with Crippen molar-refractivity contribution in [1.29, 1.82) is 0 Å². The molecule has 104 valence electrons. The van der Waals surface area contributed by atoms with Crippen LogP contribution < -0.4 is 0 Å². The number of aliphatic hydroxyl groups is 2. The second kappa shape index (κ2) is 7.33. The van der Waals surface area contributed by atoms with Gasteiger partial charge >= 0.3 is 11.9 Å². The van der Waals surface area contributed by atoms with Crippen molar-refractivity contribution >= 4 is 11.9 Å². The van der Waals surface area contributed by atoms with Crippen molar-refractivity contribution in [2.75, 3.05) is 13.2 Å². The van der Waals surface area contributed by atoms with Crippen LogP contribution in [0.3, 0.4) is 0 Å². The van der Waals surface area contributed by atoms with Crippen LogP contribution in [0.5, 0.6) is 0 Å². The summed E-state index contributed by atoms with van der Waals surface area (Å²) in [6, 6.07) is 0. The zero-order valence-electron chi connectivity index (χ0n) is 10.2. The Morgan fingerprint density at radius 3 is 2.39 bits per heavy atom. The van der Waals surface area contributed by atoms with Crippen molar-refractivity contribution < 1.29 is 29.6 Å². The Morgan fingerprint density at radius 1 is 1.22 bits per heavy atom. The van der Waals surface area contributed by atoms with Gasteiger partial charge in [-0.25, -0.2) is 0 Å². The lowest BCUT2D eigenvalue weighted by atomic mass is 9.79. The maximum atomic E-state index is 11.8. The van der Waals surface area contributed by atoms with Gasteiger partial charge in [-0.3, -0.25) is 9.59 Å². The van der Waals surface area contributed by atoms with E-state index in [1.54, 1.807) is 0 Å². The van der Waals surface area contributed by atoms with Crippen LogP contribution in [0.4, 0.5) is 0 Å². The van der Waals surface area contributed by atoms with Crippen LogP contribution in [0.25, 0.3) is 0 Å². The topological polar surface area (TPSA) is 104 Å². The maximum Gasteiger partial charge on any atom is 0.309 e. The van der Waals surface area contributed by atoms with Gasteiger partial charge in [0.05, 0.1) is 31.2 Å². The molecule has 1 fully saturated rings. The summed E-state index contributed by atoms with van der Waals surface area (Å²) in [4.78, 5) is 22.8. The van der Waals surface area contributed by atoms with Gasteiger partial charge in [0.2, 0.25) is 0 Å². The largest absolute Gasteiger partial charge is 0.481 e. The average molecular weight is 260 g/mol. The van der Waals surface area contributed by atoms with Crippen molar-refractivity contribution in [3.8, 4) is 0 Å². The van der Waals surface area contributed by atoms with Crippen molar-refractivity contribution in [1.82, 2.24) is 0 Å². The number of aliphatic hydroxyl groups excluding tert-OH is 2. The fourth-order valence-corrected chi connectivity index (χ4v) is 2.20. The van der Waals surface area contributed by atoms with E-state index < -0.39 is 29.9 Å². The molecule has 0 bridgehead atoms. The van der Waals surface area contributed by atoms with E-state index in [4.69, 9.17) is 20.1 Å². The molecule has 6 nitrogen and oxygen atoms in total. The molecule has 0 heterocycles. The van der Waals surface area contributed by atoms with Gasteiger partial charge in [-0.1, -0.05) is 12.8 Å². The molecule has 6 heteroatoms. The molecule has 0 aromatic heterocycles. The summed E-state index contributed by atoms with van der Waals surface area (Å²) in [5.41, 5.74) is 0. The summed E-state index contributed by atoms with van der Waals surface area (Å²) in [5.74, 6) is -2.70. The predicted octanol–water partition coefficient (Wildman–Crippen LogP) is 0.164. The van der Waals surface area contributed by atoms with E-state index in [0.717, 1.165) is 12.8 Å². The summed E-state index contributed by atoms with van der Waals surface area (Å²) >= 11 is 0. The maximum absolute atomic E-state index is 11.8. The van der Waals surface area contributed by atoms with Crippen LogP contribution in [-0.2, 0) is 14.3 Å². The molecule has 0 aromatic rings. The van der Waals surface area contributed by atoms with Crippen LogP contribution in [0, 0.1) is 11.8 Å². The van der Waals surface area contributed by atoms with Crippen molar-refractivity contribution in [3.63, 3.8) is 0 Å². The normalized spacial score (nSPS) is 25.4. The Balaban J connectivity index is 2.41. The highest BCUT2D eigenvalue weighted by Crippen LogP contribution is 2.31. The average Bonchev–Trinajstić information content (AvgIpc) is 2.38. The van der Waals surface area contributed by atoms with Crippen molar-refractivity contribution in [2.45, 2.75) is 38.2 Å². The molecule has 1 rings (SSSR count). The van der Waals surface area contributed by atoms with Gasteiger partial charge in [-0.15, -0.1) is 0 Å². The van der Waals surface area contributed by atoms with Crippen LogP contribution >= 0.6 is 0 Å². The number of ether oxygens (including phenoxy) is 1. The molecular formula is C12H20O6. The Morgan fingerprint density at radius 2 is 1.83 bits per heavy atom. The first-order valence-corrected chi connectivity index (χ1v) is 6.24. The third kappa shape index (κ3) is 4.27. The number of carbonyl (C=O) groups excluding carboxylic acids is 1. The molecule has 0 spiro atoms. The number of aliphatic carboxylic acids is 1. The highest BCUT2D eigenvalue weighted by molar-refractivity contribution is 5.81. The Labute approximate surface area is 106 Å². The molecule has 1 saturated carbocycles. The number of esters is 1. The minimum atomic E-state index is -0.952. The van der Waals surface area contributed by atoms with E-state index in [-0.39, 0.29) is 19.6 Å². The zero-order valence-corrected chi connectivity index (χ0v) is 10.2. The number of carbonyl (C=O) groups is 2. The van der Waals surface area contributed by atoms with Crippen LogP contribution in [-0.4, -0.2) is 46.6 Å². The molecule has 0 aliphatic heterocycles. The zero-order chi connectivity index (χ0) is 13.5. The number of rotatable bonds is 6. The van der Waals surface area contributed by atoms with Gasteiger partial charge in [0.1, 0.15) is 0 Å². The van der Waals surface area contributed by atoms with Gasteiger partial charge in [0, 0.05) is 6.42 Å². The molecule has 0 radical (unpaired) electrons. The second-order valence-electron chi connectivity index (χ2n) is 4.63. The van der Waals surface area contributed by atoms with E-state index in [1.807, 2.05) is 0 Å². The minimum absolute atomic E-state index is 0.00337. The summed E-state index contributed by atoms with van der Waals surface area (Å²) in [6.07, 6.45) is 1.96. The summed E-state index contributed by atoms with van der Waals surface area (Å²) in [5, 5.41) is 26.7. The highest BCUT2D eigenvalue weighted by atomic mass is 16.5. The first kappa shape index (κ1) is 14.9. The van der Waals surface area contributed by atoms with Gasteiger partial charge in [0.25, 0.3) is 0 Å². The Hall–Kier alpha value is -1.14. The lowest BCUT2D eigenvalue weighted by molar-refractivity contribution is -0.160. The second-order valence-corrected chi connectivity index (χ2v) is 4.63. The quantitative estimate of drug-likeness (QED) is 0.588. The molecule has 1 aliphatic rings. The van der Waals surface area contributed by atoms with E-state index in [2.05, 4.69) is 0 Å². The molecular weight excluding hydrogens is 240 g/mol. The highest BCUT2D eigenvalue weighted by Gasteiger charge is 2.36.